The Hall–Kier alpha value is -0.910. The monoisotopic (exact) mass is 316 g/mol. The molecule has 0 aromatic carbocycles. The molecule has 0 radical (unpaired) electrons. The fraction of sp³-hybridized carbons (Fsp3) is 0.867. The fourth-order valence-corrected chi connectivity index (χ4v) is 3.72. The van der Waals surface area contributed by atoms with Gasteiger partial charge in [0.25, 0.3) is 0 Å². The summed E-state index contributed by atoms with van der Waals surface area (Å²) < 4.78 is 0. The molecule has 0 aliphatic carbocycles. The average molecular weight is 316 g/mol. The number of thioether (sulfide) groups is 1. The van der Waals surface area contributed by atoms with Crippen LogP contribution in [0.3, 0.4) is 0 Å². The minimum absolute atomic E-state index is 0.0871. The number of hydrogen-bond donors (Lipinski definition) is 3. The van der Waals surface area contributed by atoms with Crippen LogP contribution in [0.4, 0.5) is 4.79 Å². The van der Waals surface area contributed by atoms with E-state index in [0.717, 1.165) is 31.4 Å². The maximum Gasteiger partial charge on any atom is 0.315 e. The number of carbonyl (C=O) groups is 2. The molecule has 21 heavy (non-hydrogen) atoms. The first-order chi connectivity index (χ1) is 10.1. The van der Waals surface area contributed by atoms with Crippen LogP contribution in [-0.2, 0) is 4.79 Å². The Morgan fingerprint density at radius 3 is 2.76 bits per heavy atom. The second-order valence-electron chi connectivity index (χ2n) is 5.69. The van der Waals surface area contributed by atoms with E-state index in [-0.39, 0.29) is 12.5 Å². The standard InChI is InChI=1S/C15H28N2O3S/c1-2-4-12(6-7-14(18)19)8-9-16-15(20)17-13-5-3-10-21-11-13/h12-13H,2-11H2,1H3,(H,18,19)(H2,16,17,20). The molecule has 0 saturated carbocycles. The summed E-state index contributed by atoms with van der Waals surface area (Å²) in [6.45, 7) is 2.73. The number of urea groups is 1. The number of amides is 2. The molecule has 0 spiro atoms. The molecule has 2 amide bonds. The largest absolute Gasteiger partial charge is 0.481 e. The van der Waals surface area contributed by atoms with Gasteiger partial charge in [-0.3, -0.25) is 4.79 Å². The first-order valence-corrected chi connectivity index (χ1v) is 9.11. The van der Waals surface area contributed by atoms with E-state index in [4.69, 9.17) is 5.11 Å². The van der Waals surface area contributed by atoms with Crippen molar-refractivity contribution in [1.82, 2.24) is 10.6 Å². The molecule has 0 bridgehead atoms. The summed E-state index contributed by atoms with van der Waals surface area (Å²) in [5.41, 5.74) is 0. The van der Waals surface area contributed by atoms with E-state index in [1.807, 2.05) is 11.8 Å². The smallest absolute Gasteiger partial charge is 0.315 e. The van der Waals surface area contributed by atoms with Gasteiger partial charge in [-0.05, 0) is 37.4 Å². The molecule has 6 heteroatoms. The van der Waals surface area contributed by atoms with Crippen LogP contribution in [0.25, 0.3) is 0 Å². The average Bonchev–Trinajstić information content (AvgIpc) is 2.45. The van der Waals surface area contributed by atoms with Crippen molar-refractivity contribution in [3.05, 3.63) is 0 Å². The van der Waals surface area contributed by atoms with Gasteiger partial charge in [0, 0.05) is 24.8 Å². The van der Waals surface area contributed by atoms with Crippen molar-refractivity contribution in [3.63, 3.8) is 0 Å². The summed E-state index contributed by atoms with van der Waals surface area (Å²) in [5, 5.41) is 14.7. The van der Waals surface area contributed by atoms with Crippen LogP contribution >= 0.6 is 11.8 Å². The third-order valence-corrected chi connectivity index (χ3v) is 5.01. The maximum atomic E-state index is 11.8. The van der Waals surface area contributed by atoms with E-state index in [1.165, 1.54) is 12.2 Å². The highest BCUT2D eigenvalue weighted by Crippen LogP contribution is 2.18. The number of carboxylic acid groups (broad SMARTS) is 1. The molecule has 1 fully saturated rings. The van der Waals surface area contributed by atoms with Crippen molar-refractivity contribution >= 4 is 23.8 Å². The zero-order valence-electron chi connectivity index (χ0n) is 12.9. The van der Waals surface area contributed by atoms with Gasteiger partial charge in [-0.25, -0.2) is 4.79 Å². The third-order valence-electron chi connectivity index (χ3n) is 3.80. The fourth-order valence-electron chi connectivity index (χ4n) is 2.65. The molecule has 0 aromatic heterocycles. The maximum absolute atomic E-state index is 11.8. The number of nitrogens with one attached hydrogen (secondary N) is 2. The summed E-state index contributed by atoms with van der Waals surface area (Å²) in [7, 11) is 0. The van der Waals surface area contributed by atoms with Crippen LogP contribution in [0, 0.1) is 5.92 Å². The topological polar surface area (TPSA) is 78.4 Å². The Balaban J connectivity index is 2.16. The normalized spacial score (nSPS) is 19.8. The quantitative estimate of drug-likeness (QED) is 0.611. The first-order valence-electron chi connectivity index (χ1n) is 7.95. The van der Waals surface area contributed by atoms with Crippen LogP contribution in [-0.4, -0.2) is 41.2 Å². The Labute approximate surface area is 131 Å². The van der Waals surface area contributed by atoms with Gasteiger partial charge in [0.05, 0.1) is 0 Å². The summed E-state index contributed by atoms with van der Waals surface area (Å²) in [5.74, 6) is 1.85. The summed E-state index contributed by atoms with van der Waals surface area (Å²) >= 11 is 1.89. The van der Waals surface area contributed by atoms with Gasteiger partial charge < -0.3 is 15.7 Å². The molecule has 1 heterocycles. The van der Waals surface area contributed by atoms with Crippen LogP contribution < -0.4 is 10.6 Å². The van der Waals surface area contributed by atoms with Gasteiger partial charge >= 0.3 is 12.0 Å². The summed E-state index contributed by atoms with van der Waals surface area (Å²) in [4.78, 5) is 22.4. The number of hydrogen-bond acceptors (Lipinski definition) is 3. The lowest BCUT2D eigenvalue weighted by Crippen LogP contribution is -2.44. The SMILES string of the molecule is CCCC(CCNC(=O)NC1CCCSC1)CCC(=O)O. The second-order valence-corrected chi connectivity index (χ2v) is 6.84. The van der Waals surface area contributed by atoms with E-state index in [2.05, 4.69) is 17.6 Å². The number of carboxylic acids is 1. The Kier molecular flexibility index (Phi) is 9.30. The zero-order valence-corrected chi connectivity index (χ0v) is 13.7. The van der Waals surface area contributed by atoms with Crippen LogP contribution in [0.5, 0.6) is 0 Å². The van der Waals surface area contributed by atoms with Gasteiger partial charge in [-0.1, -0.05) is 19.8 Å². The number of aliphatic carboxylic acids is 1. The predicted molar refractivity (Wildman–Crippen MR) is 86.8 cm³/mol. The lowest BCUT2D eigenvalue weighted by molar-refractivity contribution is -0.137. The molecule has 122 valence electrons. The van der Waals surface area contributed by atoms with Crippen LogP contribution in [0.1, 0.15) is 51.9 Å². The summed E-state index contributed by atoms with van der Waals surface area (Å²) in [6.07, 6.45) is 6.09. The molecule has 1 saturated heterocycles. The van der Waals surface area contributed by atoms with Crippen LogP contribution in [0.15, 0.2) is 0 Å². The van der Waals surface area contributed by atoms with Gasteiger partial charge in [0.1, 0.15) is 0 Å². The first kappa shape index (κ1) is 18.1. The van der Waals surface area contributed by atoms with Crippen molar-refractivity contribution in [2.24, 2.45) is 5.92 Å². The molecule has 5 nitrogen and oxygen atoms in total. The lowest BCUT2D eigenvalue weighted by Gasteiger charge is -2.23. The number of rotatable bonds is 9. The predicted octanol–water partition coefficient (Wildman–Crippen LogP) is 2.85. The van der Waals surface area contributed by atoms with Gasteiger partial charge in [0.2, 0.25) is 0 Å². The Bertz CT molecular complexity index is 320. The van der Waals surface area contributed by atoms with Crippen molar-refractivity contribution in [2.75, 3.05) is 18.1 Å². The highest BCUT2D eigenvalue weighted by Gasteiger charge is 2.16. The number of carbonyl (C=O) groups excluding carboxylic acids is 1. The minimum Gasteiger partial charge on any atom is -0.481 e. The Morgan fingerprint density at radius 2 is 2.14 bits per heavy atom. The van der Waals surface area contributed by atoms with Crippen LogP contribution in [0.2, 0.25) is 0 Å². The minimum atomic E-state index is -0.739. The molecule has 1 aliphatic rings. The van der Waals surface area contributed by atoms with E-state index in [1.54, 1.807) is 0 Å². The second kappa shape index (κ2) is 10.8. The Morgan fingerprint density at radius 1 is 1.33 bits per heavy atom. The summed E-state index contributed by atoms with van der Waals surface area (Å²) in [6, 6.07) is 0.207. The lowest BCUT2D eigenvalue weighted by atomic mass is 9.94. The third kappa shape index (κ3) is 8.86. The molecular weight excluding hydrogens is 288 g/mol. The molecule has 1 aliphatic heterocycles. The molecule has 2 unspecified atom stereocenters. The molecule has 0 aromatic rings. The molecule has 2 atom stereocenters. The molecule has 1 rings (SSSR count). The van der Waals surface area contributed by atoms with E-state index < -0.39 is 5.97 Å². The zero-order chi connectivity index (χ0) is 15.5. The van der Waals surface area contributed by atoms with Gasteiger partial charge in [-0.2, -0.15) is 11.8 Å². The molecular formula is C15H28N2O3S. The van der Waals surface area contributed by atoms with Gasteiger partial charge in [0.15, 0.2) is 0 Å². The van der Waals surface area contributed by atoms with E-state index in [0.29, 0.717) is 24.9 Å². The van der Waals surface area contributed by atoms with Crippen molar-refractivity contribution in [3.8, 4) is 0 Å². The van der Waals surface area contributed by atoms with E-state index in [9.17, 15) is 9.59 Å². The highest BCUT2D eigenvalue weighted by atomic mass is 32.2. The van der Waals surface area contributed by atoms with Crippen molar-refractivity contribution in [1.29, 1.82) is 0 Å². The van der Waals surface area contributed by atoms with Gasteiger partial charge in [-0.15, -0.1) is 0 Å². The van der Waals surface area contributed by atoms with E-state index >= 15 is 0 Å². The van der Waals surface area contributed by atoms with Crippen molar-refractivity contribution in [2.45, 2.75) is 57.9 Å². The van der Waals surface area contributed by atoms with Crippen molar-refractivity contribution < 1.29 is 14.7 Å². The molecule has 3 N–H and O–H groups in total. The highest BCUT2D eigenvalue weighted by molar-refractivity contribution is 7.99.